The predicted octanol–water partition coefficient (Wildman–Crippen LogP) is 6.10. The second-order valence-corrected chi connectivity index (χ2v) is 7.24. The minimum Gasteiger partial charge on any atom is -0.481 e. The minimum atomic E-state index is 0.466. The lowest BCUT2D eigenvalue weighted by Crippen LogP contribution is -1.99. The van der Waals surface area contributed by atoms with Gasteiger partial charge in [-0.05, 0) is 41.9 Å². The lowest BCUT2D eigenvalue weighted by atomic mass is 10.0. The van der Waals surface area contributed by atoms with Gasteiger partial charge in [-0.25, -0.2) is 4.98 Å². The second kappa shape index (κ2) is 10.2. The normalized spacial score (nSPS) is 10.8. The molecule has 25 heavy (non-hydrogen) atoms. The van der Waals surface area contributed by atoms with Crippen molar-refractivity contribution in [2.45, 2.75) is 72.6 Å². The summed E-state index contributed by atoms with van der Waals surface area (Å²) in [7, 11) is 1.67. The van der Waals surface area contributed by atoms with E-state index in [9.17, 15) is 0 Å². The largest absolute Gasteiger partial charge is 0.481 e. The second-order valence-electron chi connectivity index (χ2n) is 7.24. The average molecular weight is 343 g/mol. The fourth-order valence-corrected chi connectivity index (χ4v) is 2.39. The molecule has 2 rings (SSSR count). The Morgan fingerprint density at radius 2 is 1.56 bits per heavy atom. The monoisotopic (exact) mass is 342 g/mol. The summed E-state index contributed by atoms with van der Waals surface area (Å²) in [4.78, 5) is 8.81. The van der Waals surface area contributed by atoms with E-state index in [1.54, 1.807) is 7.11 Å². The van der Waals surface area contributed by atoms with Crippen LogP contribution in [0.25, 0.3) is 0 Å². The molecule has 0 aliphatic rings. The predicted molar refractivity (Wildman–Crippen MR) is 107 cm³/mol. The van der Waals surface area contributed by atoms with Crippen LogP contribution in [0.15, 0.2) is 30.5 Å². The summed E-state index contributed by atoms with van der Waals surface area (Å²) in [6.45, 7) is 15.1. The van der Waals surface area contributed by atoms with Crippen molar-refractivity contribution in [3.63, 3.8) is 0 Å². The fraction of sp³-hybridized carbons (Fsp3) is 0.545. The Morgan fingerprint density at radius 1 is 0.880 bits per heavy atom. The zero-order valence-corrected chi connectivity index (χ0v) is 17.1. The molecule has 0 N–H and O–H groups in total. The van der Waals surface area contributed by atoms with Gasteiger partial charge < -0.3 is 4.74 Å². The summed E-state index contributed by atoms with van der Waals surface area (Å²) >= 11 is 0. The molecule has 0 aliphatic heterocycles. The third-order valence-corrected chi connectivity index (χ3v) is 4.19. The maximum absolute atomic E-state index is 5.24. The number of methoxy groups -OCH3 is 1. The van der Waals surface area contributed by atoms with Crippen LogP contribution in [-0.2, 0) is 6.42 Å². The van der Waals surface area contributed by atoms with E-state index in [1.807, 2.05) is 6.20 Å². The summed E-state index contributed by atoms with van der Waals surface area (Å²) in [6.07, 6.45) is 2.94. The molecule has 3 heteroatoms. The van der Waals surface area contributed by atoms with Gasteiger partial charge in [0.1, 0.15) is 0 Å². The third kappa shape index (κ3) is 6.49. The highest BCUT2D eigenvalue weighted by molar-refractivity contribution is 5.30. The molecule has 0 aliphatic carbocycles. The number of hydrogen-bond acceptors (Lipinski definition) is 3. The van der Waals surface area contributed by atoms with Crippen molar-refractivity contribution in [1.82, 2.24) is 9.97 Å². The first-order valence-corrected chi connectivity index (χ1v) is 9.29. The van der Waals surface area contributed by atoms with Crippen molar-refractivity contribution in [3.8, 4) is 5.88 Å². The zero-order chi connectivity index (χ0) is 19.0. The molecule has 0 aromatic carbocycles. The van der Waals surface area contributed by atoms with Crippen molar-refractivity contribution in [1.29, 1.82) is 0 Å². The molecule has 2 aromatic heterocycles. The number of hydrogen-bond donors (Lipinski definition) is 0. The molecule has 0 radical (unpaired) electrons. The van der Waals surface area contributed by atoms with Crippen molar-refractivity contribution in [2.75, 3.05) is 7.11 Å². The lowest BCUT2D eigenvalue weighted by Gasteiger charge is -2.11. The summed E-state index contributed by atoms with van der Waals surface area (Å²) in [5.74, 6) is 2.35. The van der Waals surface area contributed by atoms with Gasteiger partial charge in [0.05, 0.1) is 7.11 Å². The highest BCUT2D eigenvalue weighted by Crippen LogP contribution is 2.24. The van der Waals surface area contributed by atoms with Gasteiger partial charge in [-0.3, -0.25) is 4.98 Å². The third-order valence-electron chi connectivity index (χ3n) is 4.19. The van der Waals surface area contributed by atoms with Crippen LogP contribution in [0.4, 0.5) is 0 Å². The molecule has 0 saturated heterocycles. The maximum Gasteiger partial charge on any atom is 0.216 e. The zero-order valence-electron chi connectivity index (χ0n) is 17.1. The minimum absolute atomic E-state index is 0.466. The van der Waals surface area contributed by atoms with Crippen LogP contribution < -0.4 is 4.74 Å². The van der Waals surface area contributed by atoms with Crippen LogP contribution in [0.3, 0.4) is 0 Å². The Labute approximate surface area is 153 Å². The highest BCUT2D eigenvalue weighted by atomic mass is 16.5. The van der Waals surface area contributed by atoms with Gasteiger partial charge in [0.2, 0.25) is 5.88 Å². The molecular formula is C22H34N2O. The van der Waals surface area contributed by atoms with E-state index >= 15 is 0 Å². The van der Waals surface area contributed by atoms with E-state index in [0.29, 0.717) is 17.8 Å². The van der Waals surface area contributed by atoms with Crippen molar-refractivity contribution < 1.29 is 4.74 Å². The van der Waals surface area contributed by atoms with Crippen LogP contribution >= 0.6 is 0 Å². The van der Waals surface area contributed by atoms with Crippen LogP contribution in [0, 0.1) is 0 Å². The first-order valence-electron chi connectivity index (χ1n) is 9.29. The topological polar surface area (TPSA) is 35.0 Å². The number of ether oxygens (including phenoxy) is 1. The van der Waals surface area contributed by atoms with Gasteiger partial charge in [0.15, 0.2) is 0 Å². The Hall–Kier alpha value is -1.90. The Balaban J connectivity index is 0.000000251. The van der Waals surface area contributed by atoms with Gasteiger partial charge in [-0.15, -0.1) is 0 Å². The van der Waals surface area contributed by atoms with Crippen molar-refractivity contribution in [2.24, 2.45) is 0 Å². The van der Waals surface area contributed by atoms with Crippen LogP contribution in [0.5, 0.6) is 5.88 Å². The van der Waals surface area contributed by atoms with E-state index in [2.05, 4.69) is 82.7 Å². The van der Waals surface area contributed by atoms with Crippen molar-refractivity contribution in [3.05, 3.63) is 53.0 Å². The fourth-order valence-electron chi connectivity index (χ4n) is 2.39. The van der Waals surface area contributed by atoms with Gasteiger partial charge in [0.25, 0.3) is 0 Å². The molecule has 2 aromatic rings. The molecule has 0 unspecified atom stereocenters. The van der Waals surface area contributed by atoms with Crippen LogP contribution in [0.2, 0.25) is 0 Å². The van der Waals surface area contributed by atoms with E-state index in [4.69, 9.17) is 4.74 Å². The highest BCUT2D eigenvalue weighted by Gasteiger charge is 2.08. The first-order chi connectivity index (χ1) is 11.8. The number of aromatic nitrogens is 2. The Bertz CT molecular complexity index is 604. The van der Waals surface area contributed by atoms with E-state index in [0.717, 1.165) is 18.0 Å². The number of nitrogens with zero attached hydrogens (tertiary/aromatic N) is 2. The summed E-state index contributed by atoms with van der Waals surface area (Å²) in [5, 5.41) is 0. The van der Waals surface area contributed by atoms with E-state index < -0.39 is 0 Å². The van der Waals surface area contributed by atoms with Crippen LogP contribution in [0.1, 0.15) is 88.7 Å². The van der Waals surface area contributed by atoms with Gasteiger partial charge >= 0.3 is 0 Å². The van der Waals surface area contributed by atoms with E-state index in [1.165, 1.54) is 16.8 Å². The number of pyridine rings is 2. The van der Waals surface area contributed by atoms with Gasteiger partial charge in [0, 0.05) is 23.1 Å². The summed E-state index contributed by atoms with van der Waals surface area (Å²) < 4.78 is 5.24. The van der Waals surface area contributed by atoms with Gasteiger partial charge in [-0.2, -0.15) is 0 Å². The molecule has 3 nitrogen and oxygen atoms in total. The standard InChI is InChI=1S/C11H17NO.C11H17N/c1-5-9-6-7-10(8(2)3)11(12-9)13-4;1-8(2)10-5-6-11(9(3)4)12-7-10/h6-8H,5H2,1-4H3;5-9H,1-4H3. The molecule has 0 saturated carbocycles. The maximum atomic E-state index is 5.24. The average Bonchev–Trinajstić information content (AvgIpc) is 2.61. The number of rotatable bonds is 5. The SMILES string of the molecule is CC(C)c1ccc(C(C)C)nc1.CCc1ccc(C(C)C)c(OC)n1. The summed E-state index contributed by atoms with van der Waals surface area (Å²) in [6, 6.07) is 8.47. The molecule has 2 heterocycles. The number of aryl methyl sites for hydroxylation is 1. The molecule has 0 bridgehead atoms. The van der Waals surface area contributed by atoms with E-state index in [-0.39, 0.29) is 0 Å². The molecule has 0 spiro atoms. The van der Waals surface area contributed by atoms with Crippen molar-refractivity contribution >= 4 is 0 Å². The lowest BCUT2D eigenvalue weighted by molar-refractivity contribution is 0.389. The van der Waals surface area contributed by atoms with Crippen LogP contribution in [-0.4, -0.2) is 17.1 Å². The smallest absolute Gasteiger partial charge is 0.216 e. The quantitative estimate of drug-likeness (QED) is 0.658. The Kier molecular flexibility index (Phi) is 8.60. The first kappa shape index (κ1) is 21.1. The summed E-state index contributed by atoms with van der Waals surface area (Å²) in [5.41, 5.74) is 4.76. The molecule has 138 valence electrons. The Morgan fingerprint density at radius 3 is 1.96 bits per heavy atom. The molecule has 0 atom stereocenters. The molecule has 0 amide bonds. The molecular weight excluding hydrogens is 308 g/mol. The molecule has 0 fully saturated rings. The van der Waals surface area contributed by atoms with Gasteiger partial charge in [-0.1, -0.05) is 60.6 Å².